The standard InChI is InChI=1S/C20H22N4OS/c1-13-11-16(14(2)23(13)3)19-18(17-8-4-5-9-21-17)22-20(26)24(19)12-15-7-6-10-25-15/h4-11,18-19H,12H2,1-3H3,(H,22,26). The van der Waals surface area contributed by atoms with E-state index in [2.05, 4.69) is 52.8 Å². The summed E-state index contributed by atoms with van der Waals surface area (Å²) < 4.78 is 7.80. The molecule has 0 spiro atoms. The third kappa shape index (κ3) is 2.80. The van der Waals surface area contributed by atoms with Gasteiger partial charge in [0.15, 0.2) is 5.11 Å². The van der Waals surface area contributed by atoms with Crippen molar-refractivity contribution in [1.29, 1.82) is 0 Å². The molecule has 1 saturated heterocycles. The minimum Gasteiger partial charge on any atom is -0.467 e. The van der Waals surface area contributed by atoms with Crippen molar-refractivity contribution in [2.75, 3.05) is 0 Å². The van der Waals surface area contributed by atoms with Crippen LogP contribution in [0, 0.1) is 13.8 Å². The first-order valence-electron chi connectivity index (χ1n) is 8.69. The number of furan rings is 1. The summed E-state index contributed by atoms with van der Waals surface area (Å²) in [4.78, 5) is 6.79. The first-order chi connectivity index (χ1) is 12.6. The number of hydrogen-bond acceptors (Lipinski definition) is 3. The second-order valence-electron chi connectivity index (χ2n) is 6.72. The fourth-order valence-electron chi connectivity index (χ4n) is 3.67. The van der Waals surface area contributed by atoms with Crippen LogP contribution in [0.15, 0.2) is 53.3 Å². The second-order valence-corrected chi connectivity index (χ2v) is 7.11. The number of aromatic nitrogens is 2. The van der Waals surface area contributed by atoms with Crippen molar-refractivity contribution in [3.8, 4) is 0 Å². The maximum absolute atomic E-state index is 5.69. The third-order valence-corrected chi connectivity index (χ3v) is 5.59. The molecule has 0 aliphatic carbocycles. The van der Waals surface area contributed by atoms with Crippen LogP contribution in [0.4, 0.5) is 0 Å². The van der Waals surface area contributed by atoms with Gasteiger partial charge in [-0.3, -0.25) is 4.98 Å². The van der Waals surface area contributed by atoms with E-state index in [1.807, 2.05) is 30.5 Å². The van der Waals surface area contributed by atoms with E-state index in [0.717, 1.165) is 16.6 Å². The summed E-state index contributed by atoms with van der Waals surface area (Å²) in [7, 11) is 2.10. The highest BCUT2D eigenvalue weighted by Crippen LogP contribution is 2.41. The van der Waals surface area contributed by atoms with Gasteiger partial charge in [0.1, 0.15) is 5.76 Å². The minimum atomic E-state index is -0.000776. The molecule has 1 aliphatic heterocycles. The van der Waals surface area contributed by atoms with Crippen molar-refractivity contribution >= 4 is 17.3 Å². The Labute approximate surface area is 158 Å². The van der Waals surface area contributed by atoms with E-state index in [1.165, 1.54) is 17.0 Å². The lowest BCUT2D eigenvalue weighted by atomic mass is 9.96. The zero-order valence-corrected chi connectivity index (χ0v) is 16.0. The first-order valence-corrected chi connectivity index (χ1v) is 9.10. The van der Waals surface area contributed by atoms with E-state index in [0.29, 0.717) is 6.54 Å². The molecule has 0 aromatic carbocycles. The highest BCUT2D eigenvalue weighted by atomic mass is 32.1. The first kappa shape index (κ1) is 16.8. The average Bonchev–Trinajstić information content (AvgIpc) is 3.33. The molecule has 1 fully saturated rings. The van der Waals surface area contributed by atoms with Crippen LogP contribution in [0.2, 0.25) is 0 Å². The number of thiocarbonyl (C=S) groups is 1. The molecule has 1 aliphatic rings. The predicted molar refractivity (Wildman–Crippen MR) is 105 cm³/mol. The Morgan fingerprint density at radius 1 is 1.23 bits per heavy atom. The number of pyridine rings is 1. The van der Waals surface area contributed by atoms with Crippen molar-refractivity contribution in [3.05, 3.63) is 77.3 Å². The smallest absolute Gasteiger partial charge is 0.170 e. The molecule has 4 heterocycles. The van der Waals surface area contributed by atoms with E-state index in [-0.39, 0.29) is 12.1 Å². The summed E-state index contributed by atoms with van der Waals surface area (Å²) in [5.74, 6) is 0.895. The molecular formula is C20H22N4OS. The molecule has 2 atom stereocenters. The quantitative estimate of drug-likeness (QED) is 0.712. The van der Waals surface area contributed by atoms with E-state index in [9.17, 15) is 0 Å². The molecule has 5 nitrogen and oxygen atoms in total. The normalized spacial score (nSPS) is 19.8. The lowest BCUT2D eigenvalue weighted by Crippen LogP contribution is -2.29. The van der Waals surface area contributed by atoms with Gasteiger partial charge in [0.25, 0.3) is 0 Å². The molecule has 3 aromatic heterocycles. The minimum absolute atomic E-state index is 0.000776. The monoisotopic (exact) mass is 366 g/mol. The lowest BCUT2D eigenvalue weighted by Gasteiger charge is -2.27. The SMILES string of the molecule is Cc1cc(C2C(c3ccccn3)NC(=S)N2Cc2ccco2)c(C)n1C. The molecule has 0 amide bonds. The maximum atomic E-state index is 5.69. The molecule has 4 rings (SSSR count). The van der Waals surface area contributed by atoms with Gasteiger partial charge in [-0.1, -0.05) is 6.07 Å². The topological polar surface area (TPSA) is 46.2 Å². The summed E-state index contributed by atoms with van der Waals surface area (Å²) in [6, 6.07) is 12.2. The van der Waals surface area contributed by atoms with Crippen molar-refractivity contribution < 1.29 is 4.42 Å². The average molecular weight is 366 g/mol. The maximum Gasteiger partial charge on any atom is 0.170 e. The van der Waals surface area contributed by atoms with Crippen LogP contribution < -0.4 is 5.32 Å². The van der Waals surface area contributed by atoms with Crippen LogP contribution in [0.1, 0.15) is 40.5 Å². The van der Waals surface area contributed by atoms with Crippen LogP contribution in [-0.4, -0.2) is 19.6 Å². The zero-order chi connectivity index (χ0) is 18.3. The van der Waals surface area contributed by atoms with Crippen LogP contribution >= 0.6 is 12.2 Å². The largest absolute Gasteiger partial charge is 0.467 e. The fourth-order valence-corrected chi connectivity index (χ4v) is 3.97. The number of aryl methyl sites for hydroxylation is 1. The summed E-state index contributed by atoms with van der Waals surface area (Å²) in [6.45, 7) is 4.91. The van der Waals surface area contributed by atoms with Gasteiger partial charge in [-0.2, -0.15) is 0 Å². The molecule has 0 bridgehead atoms. The van der Waals surface area contributed by atoms with Crippen LogP contribution in [0.5, 0.6) is 0 Å². The second kappa shape index (κ2) is 6.61. The van der Waals surface area contributed by atoms with Gasteiger partial charge in [0, 0.05) is 24.6 Å². The Morgan fingerprint density at radius 3 is 2.69 bits per heavy atom. The van der Waals surface area contributed by atoms with Gasteiger partial charge in [-0.05, 0) is 62.0 Å². The Morgan fingerprint density at radius 2 is 2.08 bits per heavy atom. The van der Waals surface area contributed by atoms with Crippen LogP contribution in [0.3, 0.4) is 0 Å². The Balaban J connectivity index is 1.79. The lowest BCUT2D eigenvalue weighted by molar-refractivity contribution is 0.286. The number of rotatable bonds is 4. The summed E-state index contributed by atoms with van der Waals surface area (Å²) in [6.07, 6.45) is 3.53. The highest BCUT2D eigenvalue weighted by Gasteiger charge is 2.41. The molecule has 1 N–H and O–H groups in total. The molecule has 134 valence electrons. The molecular weight excluding hydrogens is 344 g/mol. The van der Waals surface area contributed by atoms with Crippen molar-refractivity contribution in [3.63, 3.8) is 0 Å². The van der Waals surface area contributed by atoms with E-state index < -0.39 is 0 Å². The number of nitrogens with zero attached hydrogens (tertiary/aromatic N) is 3. The van der Waals surface area contributed by atoms with Gasteiger partial charge >= 0.3 is 0 Å². The van der Waals surface area contributed by atoms with Gasteiger partial charge < -0.3 is 19.2 Å². The summed E-state index contributed by atoms with van der Waals surface area (Å²) in [5.41, 5.74) is 4.72. The number of hydrogen-bond donors (Lipinski definition) is 1. The van der Waals surface area contributed by atoms with Crippen molar-refractivity contribution in [1.82, 2.24) is 19.8 Å². The Kier molecular flexibility index (Phi) is 4.28. The zero-order valence-electron chi connectivity index (χ0n) is 15.1. The van der Waals surface area contributed by atoms with Crippen molar-refractivity contribution in [2.24, 2.45) is 7.05 Å². The third-order valence-electron chi connectivity index (χ3n) is 5.24. The van der Waals surface area contributed by atoms with Gasteiger partial charge in [0.05, 0.1) is 30.6 Å². The van der Waals surface area contributed by atoms with Crippen LogP contribution in [0.25, 0.3) is 0 Å². The van der Waals surface area contributed by atoms with E-state index >= 15 is 0 Å². The Hall–Kier alpha value is -2.60. The molecule has 3 aromatic rings. The van der Waals surface area contributed by atoms with Crippen molar-refractivity contribution in [2.45, 2.75) is 32.5 Å². The summed E-state index contributed by atoms with van der Waals surface area (Å²) >= 11 is 5.69. The Bertz CT molecular complexity index is 917. The van der Waals surface area contributed by atoms with Crippen LogP contribution in [-0.2, 0) is 13.6 Å². The van der Waals surface area contributed by atoms with Gasteiger partial charge in [-0.15, -0.1) is 0 Å². The predicted octanol–water partition coefficient (Wildman–Crippen LogP) is 3.80. The highest BCUT2D eigenvalue weighted by molar-refractivity contribution is 7.80. The van der Waals surface area contributed by atoms with E-state index in [4.69, 9.17) is 16.6 Å². The molecule has 6 heteroatoms. The van der Waals surface area contributed by atoms with Gasteiger partial charge in [0.2, 0.25) is 0 Å². The van der Waals surface area contributed by atoms with E-state index in [1.54, 1.807) is 6.26 Å². The summed E-state index contributed by atoms with van der Waals surface area (Å²) in [5, 5.41) is 4.21. The fraction of sp³-hybridized carbons (Fsp3) is 0.300. The van der Waals surface area contributed by atoms with Gasteiger partial charge in [-0.25, -0.2) is 0 Å². The molecule has 0 radical (unpaired) electrons. The molecule has 0 saturated carbocycles. The molecule has 26 heavy (non-hydrogen) atoms. The number of nitrogens with one attached hydrogen (secondary N) is 1. The molecule has 2 unspecified atom stereocenters.